The van der Waals surface area contributed by atoms with Crippen molar-refractivity contribution in [3.8, 4) is 11.5 Å². The summed E-state index contributed by atoms with van der Waals surface area (Å²) >= 11 is 6.24. The lowest BCUT2D eigenvalue weighted by Crippen LogP contribution is -2.26. The van der Waals surface area contributed by atoms with E-state index < -0.39 is 18.0 Å². The van der Waals surface area contributed by atoms with E-state index in [9.17, 15) is 9.59 Å². The summed E-state index contributed by atoms with van der Waals surface area (Å²) in [4.78, 5) is 25.5. The van der Waals surface area contributed by atoms with Crippen molar-refractivity contribution in [1.82, 2.24) is 5.16 Å². The lowest BCUT2D eigenvalue weighted by atomic mass is 10.1. The summed E-state index contributed by atoms with van der Waals surface area (Å²) in [6.45, 7) is 2.51. The number of ether oxygens (including phenoxy) is 3. The molecule has 1 aromatic heterocycles. The topological polar surface area (TPSA) is 99.9 Å². The van der Waals surface area contributed by atoms with Gasteiger partial charge in [-0.2, -0.15) is 0 Å². The molecule has 0 radical (unpaired) electrons. The van der Waals surface area contributed by atoms with Gasteiger partial charge in [-0.1, -0.05) is 47.1 Å². The highest BCUT2D eigenvalue weighted by Gasteiger charge is 2.26. The van der Waals surface area contributed by atoms with Gasteiger partial charge in [0, 0.05) is 11.6 Å². The van der Waals surface area contributed by atoms with Crippen LogP contribution in [-0.2, 0) is 20.7 Å². The van der Waals surface area contributed by atoms with Crippen molar-refractivity contribution in [2.75, 3.05) is 18.5 Å². The van der Waals surface area contributed by atoms with Crippen molar-refractivity contribution in [1.29, 1.82) is 0 Å². The maximum absolute atomic E-state index is 12.8. The van der Waals surface area contributed by atoms with Crippen LogP contribution >= 0.6 is 11.6 Å². The molecule has 31 heavy (non-hydrogen) atoms. The molecule has 9 heteroatoms. The van der Waals surface area contributed by atoms with Crippen LogP contribution in [0.15, 0.2) is 53.1 Å². The van der Waals surface area contributed by atoms with Gasteiger partial charge in [-0.25, -0.2) is 0 Å². The number of aryl methyl sites for hydroxylation is 1. The number of fused-ring (bicyclic) bond motifs is 1. The maximum Gasteiger partial charge on any atom is 0.311 e. The fraction of sp³-hybridized carbons (Fsp3) is 0.227. The van der Waals surface area contributed by atoms with Crippen molar-refractivity contribution in [3.05, 3.63) is 70.4 Å². The minimum Gasteiger partial charge on any atom is -0.486 e. The molecule has 3 aromatic rings. The first-order valence-electron chi connectivity index (χ1n) is 9.56. The Labute approximate surface area is 183 Å². The zero-order chi connectivity index (χ0) is 21.8. The Bertz CT molecular complexity index is 1100. The molecule has 1 amide bonds. The third-order valence-corrected chi connectivity index (χ3v) is 4.75. The summed E-state index contributed by atoms with van der Waals surface area (Å²) in [7, 11) is 0. The van der Waals surface area contributed by atoms with Gasteiger partial charge in [-0.15, -0.1) is 0 Å². The molecule has 0 spiro atoms. The van der Waals surface area contributed by atoms with Crippen molar-refractivity contribution in [2.24, 2.45) is 0 Å². The smallest absolute Gasteiger partial charge is 0.311 e. The molecule has 4 rings (SSSR count). The normalized spacial score (nSPS) is 13.4. The van der Waals surface area contributed by atoms with Gasteiger partial charge in [0.1, 0.15) is 19.0 Å². The van der Waals surface area contributed by atoms with Crippen LogP contribution in [0.1, 0.15) is 23.0 Å². The molecule has 0 saturated heterocycles. The number of rotatable bonds is 6. The molecule has 2 heterocycles. The highest BCUT2D eigenvalue weighted by Crippen LogP contribution is 2.38. The van der Waals surface area contributed by atoms with Gasteiger partial charge < -0.3 is 24.1 Å². The summed E-state index contributed by atoms with van der Waals surface area (Å²) in [6.07, 6.45) is -1.27. The number of nitrogens with one attached hydrogen (secondary N) is 1. The first-order valence-corrected chi connectivity index (χ1v) is 9.94. The number of hydrogen-bond donors (Lipinski definition) is 1. The Hall–Kier alpha value is -3.52. The molecule has 1 atom stereocenters. The fourth-order valence-corrected chi connectivity index (χ4v) is 3.41. The molecule has 0 aliphatic carbocycles. The Kier molecular flexibility index (Phi) is 6.08. The summed E-state index contributed by atoms with van der Waals surface area (Å²) in [5.41, 5.74) is 1.10. The lowest BCUT2D eigenvalue weighted by Gasteiger charge is -2.20. The molecule has 1 N–H and O–H groups in total. The molecule has 1 unspecified atom stereocenters. The Balaban J connectivity index is 1.50. The molecule has 0 bridgehead atoms. The predicted octanol–water partition coefficient (Wildman–Crippen LogP) is 3.87. The average Bonchev–Trinajstić information content (AvgIpc) is 3.17. The van der Waals surface area contributed by atoms with E-state index in [1.165, 1.54) is 0 Å². The number of anilines is 1. The molecule has 1 aliphatic heterocycles. The van der Waals surface area contributed by atoms with Gasteiger partial charge in [0.15, 0.2) is 17.3 Å². The molecular formula is C22H19ClN2O6. The minimum absolute atomic E-state index is 0.101. The molecule has 1 aliphatic rings. The van der Waals surface area contributed by atoms with Crippen LogP contribution in [0.5, 0.6) is 11.5 Å². The average molecular weight is 443 g/mol. The molecule has 2 aromatic carbocycles. The first kappa shape index (κ1) is 20.7. The summed E-state index contributed by atoms with van der Waals surface area (Å²) < 4.78 is 21.5. The minimum atomic E-state index is -1.17. The van der Waals surface area contributed by atoms with Crippen LogP contribution < -0.4 is 14.8 Å². The van der Waals surface area contributed by atoms with E-state index in [4.69, 9.17) is 30.3 Å². The van der Waals surface area contributed by atoms with Crippen LogP contribution in [0.4, 0.5) is 5.82 Å². The SMILES string of the molecule is Cc1cc(NC(=O)C(OC(=O)Cc2cc(Cl)c3c(c2)OCCO3)c2ccccc2)no1. The van der Waals surface area contributed by atoms with Crippen LogP contribution in [0.25, 0.3) is 0 Å². The van der Waals surface area contributed by atoms with Crippen molar-refractivity contribution in [2.45, 2.75) is 19.4 Å². The number of aromatic nitrogens is 1. The van der Waals surface area contributed by atoms with Gasteiger partial charge in [0.05, 0.1) is 11.4 Å². The highest BCUT2D eigenvalue weighted by atomic mass is 35.5. The van der Waals surface area contributed by atoms with E-state index in [-0.39, 0.29) is 12.2 Å². The lowest BCUT2D eigenvalue weighted by molar-refractivity contribution is -0.154. The second-order valence-corrected chi connectivity index (χ2v) is 7.28. The van der Waals surface area contributed by atoms with E-state index in [2.05, 4.69) is 10.5 Å². The number of nitrogens with zero attached hydrogens (tertiary/aromatic N) is 1. The number of halogens is 1. The predicted molar refractivity (Wildman–Crippen MR) is 111 cm³/mol. The standard InChI is InChI=1S/C22H19ClN2O6/c1-13-9-18(25-31-13)24-22(27)20(15-5-3-2-4-6-15)30-19(26)12-14-10-16(23)21-17(11-14)28-7-8-29-21/h2-6,9-11,20H,7-8,12H2,1H3,(H,24,25,27). The number of benzene rings is 2. The third-order valence-electron chi connectivity index (χ3n) is 4.47. The quantitative estimate of drug-likeness (QED) is 0.578. The van der Waals surface area contributed by atoms with E-state index in [0.717, 1.165) is 0 Å². The molecule has 0 saturated carbocycles. The van der Waals surface area contributed by atoms with Crippen molar-refractivity contribution < 1.29 is 28.3 Å². The van der Waals surface area contributed by atoms with Crippen molar-refractivity contribution >= 4 is 29.3 Å². The van der Waals surface area contributed by atoms with Crippen molar-refractivity contribution in [3.63, 3.8) is 0 Å². The molecular weight excluding hydrogens is 424 g/mol. The fourth-order valence-electron chi connectivity index (χ4n) is 3.12. The Morgan fingerprint density at radius 1 is 1.16 bits per heavy atom. The van der Waals surface area contributed by atoms with Gasteiger partial charge in [0.25, 0.3) is 5.91 Å². The second kappa shape index (κ2) is 9.09. The zero-order valence-electron chi connectivity index (χ0n) is 16.6. The van der Waals surface area contributed by atoms with Crippen LogP contribution in [0.2, 0.25) is 5.02 Å². The van der Waals surface area contributed by atoms with Gasteiger partial charge >= 0.3 is 5.97 Å². The van der Waals surface area contributed by atoms with Gasteiger partial charge in [-0.05, 0) is 24.6 Å². The van der Waals surface area contributed by atoms with Crippen LogP contribution in [0.3, 0.4) is 0 Å². The summed E-state index contributed by atoms with van der Waals surface area (Å²) in [6, 6.07) is 13.6. The summed E-state index contributed by atoms with van der Waals surface area (Å²) in [5.74, 6) is 0.549. The van der Waals surface area contributed by atoms with Crippen LogP contribution in [0, 0.1) is 6.92 Å². The van der Waals surface area contributed by atoms with Gasteiger partial charge in [0.2, 0.25) is 6.10 Å². The number of carbonyl (C=O) groups excluding carboxylic acids is 2. The second-order valence-electron chi connectivity index (χ2n) is 6.87. The number of amides is 1. The highest BCUT2D eigenvalue weighted by molar-refractivity contribution is 6.32. The Morgan fingerprint density at radius 2 is 1.94 bits per heavy atom. The van der Waals surface area contributed by atoms with Crippen LogP contribution in [-0.4, -0.2) is 30.2 Å². The summed E-state index contributed by atoms with van der Waals surface area (Å²) in [5, 5.41) is 6.69. The van der Waals surface area contributed by atoms with E-state index in [1.54, 1.807) is 55.5 Å². The first-order chi connectivity index (χ1) is 15.0. The molecule has 0 fully saturated rings. The monoisotopic (exact) mass is 442 g/mol. The third kappa shape index (κ3) is 4.97. The van der Waals surface area contributed by atoms with Gasteiger partial charge in [-0.3, -0.25) is 9.59 Å². The number of hydrogen-bond acceptors (Lipinski definition) is 7. The van der Waals surface area contributed by atoms with E-state index >= 15 is 0 Å². The Morgan fingerprint density at radius 3 is 2.68 bits per heavy atom. The van der Waals surface area contributed by atoms with E-state index in [1.807, 2.05) is 0 Å². The number of carbonyl (C=O) groups is 2. The molecule has 8 nitrogen and oxygen atoms in total. The number of esters is 1. The van der Waals surface area contributed by atoms with E-state index in [0.29, 0.717) is 46.6 Å². The molecule has 160 valence electrons. The largest absolute Gasteiger partial charge is 0.486 e. The maximum atomic E-state index is 12.8. The zero-order valence-corrected chi connectivity index (χ0v) is 17.3.